The number of phenolic OH excluding ortho intramolecular Hbond substituents is 1. The van der Waals surface area contributed by atoms with E-state index in [-0.39, 0.29) is 30.6 Å². The predicted molar refractivity (Wildman–Crippen MR) is 178 cm³/mol. The van der Waals surface area contributed by atoms with E-state index in [4.69, 9.17) is 15.2 Å². The molecule has 3 amide bonds. The van der Waals surface area contributed by atoms with Crippen molar-refractivity contribution in [2.24, 2.45) is 35.3 Å². The number of nitrogens with two attached hydrogens (primary N) is 1. The molecular weight excluding hydrogens is 670 g/mol. The molecule has 3 aliphatic rings. The number of aromatic hydroxyl groups is 1. The number of anilines is 2. The standard InChI is InChI=1S/C34H45N5O12/c1-8-9-39(33(48)51-14-50-32(47)15(2)3)13-21(40)36-19-12-20(37(4)5)17-10-16-11-18-25(38(6)7)28(43)24(31(35)46)30(45)34(18,49)29(44)22(16)27(42)23(17)26(19)41/h12,15-16,18,22,24-25,41,49H,8-11,13-14H2,1-7H3,(H2,35,46)(H,36,40)/t16-,18-,22?,24?,25-,34-/m0/s1. The monoisotopic (exact) mass is 715 g/mol. The number of phenols is 1. The Bertz CT molecular complexity index is 1670. The first kappa shape index (κ1) is 38.9. The molecule has 0 heterocycles. The van der Waals surface area contributed by atoms with Gasteiger partial charge in [-0.25, -0.2) is 4.79 Å². The van der Waals surface area contributed by atoms with Gasteiger partial charge >= 0.3 is 12.1 Å². The maximum absolute atomic E-state index is 14.2. The minimum Gasteiger partial charge on any atom is -0.505 e. The lowest BCUT2D eigenvalue weighted by Gasteiger charge is -2.52. The molecule has 4 rings (SSSR count). The van der Waals surface area contributed by atoms with Crippen LogP contribution in [0.1, 0.15) is 49.5 Å². The third-order valence-corrected chi connectivity index (χ3v) is 9.73. The lowest BCUT2D eigenvalue weighted by atomic mass is 9.52. The molecule has 0 bridgehead atoms. The van der Waals surface area contributed by atoms with Gasteiger partial charge in [-0.1, -0.05) is 20.8 Å². The SMILES string of the molecule is CCCN(CC(=O)Nc1cc(N(C)C)c2c(c1O)C(=O)C1C(=O)[C@]3(O)C(=O)C(C(N)=O)C(=O)[C@@H](N(C)C)[C@@H]3C[C@@H]1C2)C(=O)OCOC(=O)C(C)C. The maximum atomic E-state index is 14.2. The summed E-state index contributed by atoms with van der Waals surface area (Å²) in [5.41, 5.74) is 2.72. The van der Waals surface area contributed by atoms with E-state index in [9.17, 15) is 48.6 Å². The molecule has 3 aliphatic carbocycles. The van der Waals surface area contributed by atoms with Crippen molar-refractivity contribution in [3.63, 3.8) is 0 Å². The van der Waals surface area contributed by atoms with Gasteiger partial charge in [0.1, 0.15) is 12.3 Å². The van der Waals surface area contributed by atoms with Crippen LogP contribution in [-0.4, -0.2) is 127 Å². The summed E-state index contributed by atoms with van der Waals surface area (Å²) >= 11 is 0. The lowest BCUT2D eigenvalue weighted by molar-refractivity contribution is -0.181. The highest BCUT2D eigenvalue weighted by Gasteiger charge is 2.69. The van der Waals surface area contributed by atoms with Gasteiger partial charge in [-0.15, -0.1) is 0 Å². The van der Waals surface area contributed by atoms with Crippen molar-refractivity contribution < 1.29 is 58.0 Å². The number of nitrogens with zero attached hydrogens (tertiary/aromatic N) is 3. The molecule has 0 aliphatic heterocycles. The summed E-state index contributed by atoms with van der Waals surface area (Å²) < 4.78 is 9.86. The fourth-order valence-corrected chi connectivity index (χ4v) is 7.41. The number of hydrogen-bond donors (Lipinski definition) is 4. The first-order valence-corrected chi connectivity index (χ1v) is 16.6. The Morgan fingerprint density at radius 1 is 1.06 bits per heavy atom. The summed E-state index contributed by atoms with van der Waals surface area (Å²) in [6.07, 6.45) is -0.586. The molecule has 0 saturated heterocycles. The van der Waals surface area contributed by atoms with Gasteiger partial charge in [0.2, 0.25) is 18.6 Å². The van der Waals surface area contributed by atoms with Crippen molar-refractivity contribution in [1.29, 1.82) is 0 Å². The Hall–Kier alpha value is -4.90. The highest BCUT2D eigenvalue weighted by Crippen LogP contribution is 2.52. The summed E-state index contributed by atoms with van der Waals surface area (Å²) in [5.74, 6) is -13.9. The van der Waals surface area contributed by atoms with Crippen molar-refractivity contribution >= 4 is 58.4 Å². The average molecular weight is 716 g/mol. The zero-order chi connectivity index (χ0) is 38.3. The molecule has 17 nitrogen and oxygen atoms in total. The van der Waals surface area contributed by atoms with Crippen LogP contribution >= 0.6 is 0 Å². The number of Topliss-reactive ketones (excluding diaryl/α,β-unsaturated/α-hetero) is 4. The molecule has 2 fully saturated rings. The summed E-state index contributed by atoms with van der Waals surface area (Å²) in [4.78, 5) is 109. The molecular formula is C34H45N5O12. The van der Waals surface area contributed by atoms with E-state index in [0.29, 0.717) is 17.7 Å². The fraction of sp³-hybridized carbons (Fsp3) is 0.588. The van der Waals surface area contributed by atoms with Crippen molar-refractivity contribution in [2.75, 3.05) is 58.3 Å². The van der Waals surface area contributed by atoms with E-state index in [2.05, 4.69) is 5.32 Å². The van der Waals surface area contributed by atoms with Crippen molar-refractivity contribution in [3.05, 3.63) is 17.2 Å². The zero-order valence-corrected chi connectivity index (χ0v) is 29.7. The number of carbonyl (C=O) groups is 8. The second-order valence-electron chi connectivity index (χ2n) is 13.9. The van der Waals surface area contributed by atoms with Crippen LogP contribution in [-0.2, 0) is 44.7 Å². The molecule has 1 aromatic carbocycles. The van der Waals surface area contributed by atoms with Gasteiger partial charge < -0.3 is 35.6 Å². The topological polar surface area (TPSA) is 243 Å². The highest BCUT2D eigenvalue weighted by atomic mass is 16.7. The zero-order valence-electron chi connectivity index (χ0n) is 29.7. The third-order valence-electron chi connectivity index (χ3n) is 9.73. The Balaban J connectivity index is 1.67. The minimum absolute atomic E-state index is 0.0264. The molecule has 2 unspecified atom stereocenters. The van der Waals surface area contributed by atoms with Crippen molar-refractivity contribution in [2.45, 2.75) is 51.7 Å². The molecule has 6 atom stereocenters. The average Bonchev–Trinajstić information content (AvgIpc) is 3.03. The molecule has 51 heavy (non-hydrogen) atoms. The number of carbonyl (C=O) groups excluding carboxylic acids is 8. The molecule has 5 N–H and O–H groups in total. The number of likely N-dealkylation sites (N-methyl/N-ethyl adjacent to an activating group) is 1. The first-order valence-electron chi connectivity index (χ1n) is 16.6. The number of primary amides is 1. The van der Waals surface area contributed by atoms with E-state index >= 15 is 0 Å². The number of aliphatic hydroxyl groups is 1. The molecule has 2 saturated carbocycles. The smallest absolute Gasteiger partial charge is 0.413 e. The number of fused-ring (bicyclic) bond motifs is 3. The fourth-order valence-electron chi connectivity index (χ4n) is 7.41. The van der Waals surface area contributed by atoms with E-state index in [1.54, 1.807) is 39.8 Å². The Morgan fingerprint density at radius 3 is 2.25 bits per heavy atom. The third kappa shape index (κ3) is 6.91. The van der Waals surface area contributed by atoms with Gasteiger partial charge in [-0.05, 0) is 50.9 Å². The number of ether oxygens (including phenoxy) is 2. The number of nitrogens with one attached hydrogen (secondary N) is 1. The molecule has 278 valence electrons. The maximum Gasteiger partial charge on any atom is 0.413 e. The summed E-state index contributed by atoms with van der Waals surface area (Å²) in [5, 5.41) is 25.8. The van der Waals surface area contributed by atoms with Crippen LogP contribution in [0.15, 0.2) is 6.07 Å². The van der Waals surface area contributed by atoms with E-state index in [1.165, 1.54) is 25.1 Å². The molecule has 17 heteroatoms. The Morgan fingerprint density at radius 2 is 1.71 bits per heavy atom. The predicted octanol–water partition coefficient (Wildman–Crippen LogP) is -0.123. The highest BCUT2D eigenvalue weighted by molar-refractivity contribution is 6.32. The Kier molecular flexibility index (Phi) is 11.3. The number of amides is 3. The van der Waals surface area contributed by atoms with E-state index < -0.39 is 107 Å². The van der Waals surface area contributed by atoms with Crippen LogP contribution in [0.25, 0.3) is 0 Å². The number of esters is 1. The molecule has 0 spiro atoms. The minimum atomic E-state index is -2.88. The van der Waals surface area contributed by atoms with E-state index in [0.717, 1.165) is 4.90 Å². The van der Waals surface area contributed by atoms with Crippen LogP contribution in [0.4, 0.5) is 16.2 Å². The largest absolute Gasteiger partial charge is 0.505 e. The molecule has 1 aromatic rings. The second-order valence-corrected chi connectivity index (χ2v) is 13.9. The van der Waals surface area contributed by atoms with Gasteiger partial charge in [-0.2, -0.15) is 0 Å². The van der Waals surface area contributed by atoms with Gasteiger partial charge in [0, 0.05) is 32.2 Å². The first-order chi connectivity index (χ1) is 23.8. The normalized spacial score (nSPS) is 25.5. The number of benzene rings is 1. The summed E-state index contributed by atoms with van der Waals surface area (Å²) in [7, 11) is 6.33. The number of hydrogen-bond acceptors (Lipinski definition) is 14. The number of ketones is 4. The Labute approximate surface area is 294 Å². The van der Waals surface area contributed by atoms with Crippen LogP contribution in [0, 0.1) is 29.6 Å². The summed E-state index contributed by atoms with van der Waals surface area (Å²) in [6.45, 7) is 3.86. The number of rotatable bonds is 11. The van der Waals surface area contributed by atoms with Gasteiger partial charge in [0.05, 0.1) is 29.1 Å². The van der Waals surface area contributed by atoms with Crippen LogP contribution in [0.5, 0.6) is 5.75 Å². The van der Waals surface area contributed by atoms with Crippen LogP contribution in [0.2, 0.25) is 0 Å². The molecule has 0 radical (unpaired) electrons. The van der Waals surface area contributed by atoms with Gasteiger partial charge in [0.15, 0.2) is 34.7 Å². The quantitative estimate of drug-likeness (QED) is 0.101. The van der Waals surface area contributed by atoms with Crippen molar-refractivity contribution in [1.82, 2.24) is 9.80 Å². The summed E-state index contributed by atoms with van der Waals surface area (Å²) in [6, 6.07) is 0.202. The van der Waals surface area contributed by atoms with Gasteiger partial charge in [0.25, 0.3) is 0 Å². The van der Waals surface area contributed by atoms with Crippen LogP contribution < -0.4 is 16.0 Å². The molecule has 0 aromatic heterocycles. The van der Waals surface area contributed by atoms with Crippen molar-refractivity contribution in [3.8, 4) is 5.75 Å². The lowest BCUT2D eigenvalue weighted by Crippen LogP contribution is -2.74. The second kappa shape index (κ2) is 14.8. The van der Waals surface area contributed by atoms with Gasteiger partial charge in [-0.3, -0.25) is 43.4 Å². The van der Waals surface area contributed by atoms with Crippen LogP contribution in [0.3, 0.4) is 0 Å². The van der Waals surface area contributed by atoms with E-state index in [1.807, 2.05) is 0 Å².